The molecule has 0 saturated heterocycles. The van der Waals surface area contributed by atoms with Crippen LogP contribution in [0.4, 0.5) is 5.82 Å². The summed E-state index contributed by atoms with van der Waals surface area (Å²) in [7, 11) is 0. The number of nitrogen functional groups attached to an aromatic ring is 1. The number of nitrogens with two attached hydrogens (primary N) is 1. The predicted molar refractivity (Wildman–Crippen MR) is 86.6 cm³/mol. The Morgan fingerprint density at radius 1 is 1.10 bits per heavy atom. The van der Waals surface area contributed by atoms with Crippen LogP contribution in [0.25, 0.3) is 22.4 Å². The number of nitrogens with zero attached hydrogens (tertiary/aromatic N) is 1. The number of aromatic nitrogens is 2. The molecule has 100 valence electrons. The van der Waals surface area contributed by atoms with Gasteiger partial charge in [-0.1, -0.05) is 57.9 Å². The Morgan fingerprint density at radius 2 is 1.90 bits per heavy atom. The number of aromatic amines is 1. The van der Waals surface area contributed by atoms with E-state index >= 15 is 0 Å². The molecule has 2 aromatic carbocycles. The molecule has 1 heterocycles. The maximum absolute atomic E-state index is 6.06. The van der Waals surface area contributed by atoms with Gasteiger partial charge in [-0.15, -0.1) is 0 Å². The second-order valence-electron chi connectivity index (χ2n) is 4.35. The highest BCUT2D eigenvalue weighted by Gasteiger charge is 2.16. The molecule has 1 aromatic heterocycles. The Balaban J connectivity index is 2.23. The molecule has 20 heavy (non-hydrogen) atoms. The van der Waals surface area contributed by atoms with Gasteiger partial charge in [0.25, 0.3) is 0 Å². The largest absolute Gasteiger partial charge is 0.382 e. The zero-order chi connectivity index (χ0) is 14.1. The number of halogens is 2. The molecule has 0 fully saturated rings. The van der Waals surface area contributed by atoms with Gasteiger partial charge in [-0.05, 0) is 18.2 Å². The van der Waals surface area contributed by atoms with Gasteiger partial charge in [0.1, 0.15) is 0 Å². The van der Waals surface area contributed by atoms with Gasteiger partial charge in [-0.3, -0.25) is 5.10 Å². The number of anilines is 1. The summed E-state index contributed by atoms with van der Waals surface area (Å²) in [5.41, 5.74) is 9.70. The smallest absolute Gasteiger partial charge is 0.153 e. The summed E-state index contributed by atoms with van der Waals surface area (Å²) in [6, 6.07) is 15.5. The van der Waals surface area contributed by atoms with Crippen molar-refractivity contribution in [2.45, 2.75) is 0 Å². The first-order chi connectivity index (χ1) is 9.66. The van der Waals surface area contributed by atoms with E-state index in [1.807, 2.05) is 48.5 Å². The van der Waals surface area contributed by atoms with Gasteiger partial charge in [-0.25, -0.2) is 0 Å². The molecule has 0 aliphatic carbocycles. The lowest BCUT2D eigenvalue weighted by Gasteiger charge is -2.07. The number of hydrogen-bond acceptors (Lipinski definition) is 2. The quantitative estimate of drug-likeness (QED) is 0.702. The lowest BCUT2D eigenvalue weighted by atomic mass is 10.0. The monoisotopic (exact) mass is 347 g/mol. The fourth-order valence-corrected chi connectivity index (χ4v) is 2.82. The molecule has 0 atom stereocenters. The van der Waals surface area contributed by atoms with Crippen LogP contribution in [0.2, 0.25) is 5.02 Å². The van der Waals surface area contributed by atoms with Crippen molar-refractivity contribution in [1.82, 2.24) is 10.2 Å². The number of benzene rings is 2. The van der Waals surface area contributed by atoms with Crippen molar-refractivity contribution in [1.29, 1.82) is 0 Å². The standard InChI is InChI=1S/C15H11BrClN3/c16-12-7-2-1-6-11(12)13-14(19-20-15(13)18)9-4-3-5-10(17)8-9/h1-8H,(H3,18,19,20). The Morgan fingerprint density at radius 3 is 2.65 bits per heavy atom. The summed E-state index contributed by atoms with van der Waals surface area (Å²) in [5.74, 6) is 0.465. The molecule has 3 aromatic rings. The minimum Gasteiger partial charge on any atom is -0.382 e. The van der Waals surface area contributed by atoms with Crippen molar-refractivity contribution in [3.05, 3.63) is 58.0 Å². The average molecular weight is 349 g/mol. The van der Waals surface area contributed by atoms with Crippen LogP contribution in [0.5, 0.6) is 0 Å². The number of H-pyrrole nitrogens is 1. The van der Waals surface area contributed by atoms with E-state index < -0.39 is 0 Å². The molecule has 0 aliphatic rings. The van der Waals surface area contributed by atoms with Crippen molar-refractivity contribution in [3.63, 3.8) is 0 Å². The summed E-state index contributed by atoms with van der Waals surface area (Å²) < 4.78 is 0.969. The average Bonchev–Trinajstić information content (AvgIpc) is 2.81. The van der Waals surface area contributed by atoms with Crippen molar-refractivity contribution in [3.8, 4) is 22.4 Å². The van der Waals surface area contributed by atoms with Crippen LogP contribution in [-0.2, 0) is 0 Å². The molecule has 0 amide bonds. The van der Waals surface area contributed by atoms with E-state index in [1.165, 1.54) is 0 Å². The van der Waals surface area contributed by atoms with Crippen LogP contribution >= 0.6 is 27.5 Å². The van der Waals surface area contributed by atoms with E-state index in [0.29, 0.717) is 10.8 Å². The lowest BCUT2D eigenvalue weighted by Crippen LogP contribution is -1.89. The molecule has 3 nitrogen and oxygen atoms in total. The Kier molecular flexibility index (Phi) is 3.51. The zero-order valence-corrected chi connectivity index (χ0v) is 12.7. The summed E-state index contributed by atoms with van der Waals surface area (Å²) in [4.78, 5) is 0. The summed E-state index contributed by atoms with van der Waals surface area (Å²) in [5, 5.41) is 7.79. The van der Waals surface area contributed by atoms with Gasteiger partial charge >= 0.3 is 0 Å². The Hall–Kier alpha value is -1.78. The van der Waals surface area contributed by atoms with Crippen molar-refractivity contribution in [2.24, 2.45) is 0 Å². The highest BCUT2D eigenvalue weighted by Crippen LogP contribution is 2.38. The normalized spacial score (nSPS) is 10.7. The molecule has 3 N–H and O–H groups in total. The van der Waals surface area contributed by atoms with E-state index in [0.717, 1.165) is 26.9 Å². The molecule has 0 saturated carbocycles. The third kappa shape index (κ3) is 2.32. The maximum Gasteiger partial charge on any atom is 0.153 e. The topological polar surface area (TPSA) is 54.7 Å². The SMILES string of the molecule is Nc1n[nH]c(-c2cccc(Cl)c2)c1-c1ccccc1Br. The highest BCUT2D eigenvalue weighted by molar-refractivity contribution is 9.10. The van der Waals surface area contributed by atoms with Gasteiger partial charge in [0.15, 0.2) is 5.82 Å². The molecule has 0 radical (unpaired) electrons. The van der Waals surface area contributed by atoms with E-state index in [1.54, 1.807) is 0 Å². The molecule has 0 bridgehead atoms. The van der Waals surface area contributed by atoms with Crippen LogP contribution in [-0.4, -0.2) is 10.2 Å². The fourth-order valence-electron chi connectivity index (χ4n) is 2.15. The van der Waals surface area contributed by atoms with Crippen molar-refractivity contribution in [2.75, 3.05) is 5.73 Å². The zero-order valence-electron chi connectivity index (χ0n) is 10.4. The Bertz CT molecular complexity index is 767. The van der Waals surface area contributed by atoms with Crippen LogP contribution in [0.1, 0.15) is 0 Å². The second kappa shape index (κ2) is 5.31. The van der Waals surface area contributed by atoms with Crippen LogP contribution < -0.4 is 5.73 Å². The first kappa shape index (κ1) is 13.2. The van der Waals surface area contributed by atoms with Crippen molar-refractivity contribution >= 4 is 33.3 Å². The summed E-state index contributed by atoms with van der Waals surface area (Å²) in [6.45, 7) is 0. The minimum absolute atomic E-state index is 0.465. The van der Waals surface area contributed by atoms with Crippen molar-refractivity contribution < 1.29 is 0 Å². The molecule has 5 heteroatoms. The van der Waals surface area contributed by atoms with E-state index in [9.17, 15) is 0 Å². The van der Waals surface area contributed by atoms with Gasteiger partial charge in [0, 0.05) is 20.6 Å². The molecule has 0 aliphatic heterocycles. The number of rotatable bonds is 2. The van der Waals surface area contributed by atoms with Crippen LogP contribution in [0, 0.1) is 0 Å². The first-order valence-electron chi connectivity index (χ1n) is 6.01. The van der Waals surface area contributed by atoms with E-state index in [2.05, 4.69) is 26.1 Å². The van der Waals surface area contributed by atoms with Crippen LogP contribution in [0.3, 0.4) is 0 Å². The summed E-state index contributed by atoms with van der Waals surface area (Å²) in [6.07, 6.45) is 0. The first-order valence-corrected chi connectivity index (χ1v) is 7.18. The highest BCUT2D eigenvalue weighted by atomic mass is 79.9. The van der Waals surface area contributed by atoms with Gasteiger partial charge in [0.2, 0.25) is 0 Å². The molecular weight excluding hydrogens is 338 g/mol. The van der Waals surface area contributed by atoms with Gasteiger partial charge in [-0.2, -0.15) is 5.10 Å². The lowest BCUT2D eigenvalue weighted by molar-refractivity contribution is 1.10. The molecule has 0 unspecified atom stereocenters. The Labute approximate surface area is 129 Å². The molecule has 0 spiro atoms. The molecule has 3 rings (SSSR count). The maximum atomic E-state index is 6.06. The van der Waals surface area contributed by atoms with Gasteiger partial charge < -0.3 is 5.73 Å². The molecular formula is C15H11BrClN3. The second-order valence-corrected chi connectivity index (χ2v) is 5.64. The van der Waals surface area contributed by atoms with Gasteiger partial charge in [0.05, 0.1) is 11.3 Å². The third-order valence-electron chi connectivity index (χ3n) is 3.05. The van der Waals surface area contributed by atoms with Crippen LogP contribution in [0.15, 0.2) is 53.0 Å². The minimum atomic E-state index is 0.465. The third-order valence-corrected chi connectivity index (χ3v) is 3.98. The predicted octanol–water partition coefficient (Wildman–Crippen LogP) is 4.74. The number of nitrogens with one attached hydrogen (secondary N) is 1. The summed E-state index contributed by atoms with van der Waals surface area (Å²) >= 11 is 9.61. The van der Waals surface area contributed by atoms with E-state index in [-0.39, 0.29) is 0 Å². The number of hydrogen-bond donors (Lipinski definition) is 2. The van der Waals surface area contributed by atoms with E-state index in [4.69, 9.17) is 17.3 Å². The fraction of sp³-hybridized carbons (Fsp3) is 0.